The van der Waals surface area contributed by atoms with E-state index >= 15 is 4.39 Å². The molecule has 3 aromatic carbocycles. The van der Waals surface area contributed by atoms with E-state index in [9.17, 15) is 22.8 Å². The molecule has 5 rings (SSSR count). The first-order valence-corrected chi connectivity index (χ1v) is 13.5. The third kappa shape index (κ3) is 6.33. The minimum Gasteiger partial charge on any atom is -0.497 e. The molecular formula is C32H27F4N5O3. The number of methoxy groups -OCH3 is 1. The molecule has 226 valence electrons. The number of nitrogens with one attached hydrogen (secondary N) is 2. The van der Waals surface area contributed by atoms with Gasteiger partial charge in [0.1, 0.15) is 34.8 Å². The second kappa shape index (κ2) is 12.5. The van der Waals surface area contributed by atoms with Crippen molar-refractivity contribution in [2.24, 2.45) is 0 Å². The van der Waals surface area contributed by atoms with Crippen molar-refractivity contribution in [3.8, 4) is 16.9 Å². The third-order valence-corrected chi connectivity index (χ3v) is 6.97. The largest absolute Gasteiger partial charge is 0.497 e. The Morgan fingerprint density at radius 1 is 0.909 bits per heavy atom. The fourth-order valence-corrected chi connectivity index (χ4v) is 4.83. The van der Waals surface area contributed by atoms with Crippen molar-refractivity contribution in [2.75, 3.05) is 29.7 Å². The number of halogens is 4. The van der Waals surface area contributed by atoms with Crippen molar-refractivity contribution in [3.63, 3.8) is 0 Å². The van der Waals surface area contributed by atoms with Crippen LogP contribution in [0.1, 0.15) is 12.5 Å². The predicted molar refractivity (Wildman–Crippen MR) is 161 cm³/mol. The number of hydrogen-bond acceptors (Lipinski definition) is 5. The summed E-state index contributed by atoms with van der Waals surface area (Å²) in [5, 5.41) is 4.92. The third-order valence-electron chi connectivity index (χ3n) is 6.97. The van der Waals surface area contributed by atoms with E-state index in [-0.39, 0.29) is 23.4 Å². The smallest absolute Gasteiger partial charge is 0.323 e. The van der Waals surface area contributed by atoms with Gasteiger partial charge in [0.2, 0.25) is 0 Å². The molecule has 0 spiro atoms. The molecule has 2 amide bonds. The molecule has 44 heavy (non-hydrogen) atoms. The van der Waals surface area contributed by atoms with Crippen LogP contribution < -0.4 is 25.8 Å². The van der Waals surface area contributed by atoms with E-state index in [2.05, 4.69) is 15.6 Å². The van der Waals surface area contributed by atoms with E-state index < -0.39 is 40.5 Å². The number of carbonyl (C=O) groups excluding carboxylic acids is 1. The van der Waals surface area contributed by atoms with Crippen molar-refractivity contribution < 1.29 is 27.1 Å². The molecule has 0 saturated carbocycles. The van der Waals surface area contributed by atoms with Crippen LogP contribution in [0.25, 0.3) is 22.0 Å². The van der Waals surface area contributed by atoms with E-state index in [1.807, 2.05) is 36.2 Å². The predicted octanol–water partition coefficient (Wildman–Crippen LogP) is 6.93. The number of hydrogen-bond donors (Lipinski definition) is 2. The maximum atomic E-state index is 15.1. The summed E-state index contributed by atoms with van der Waals surface area (Å²) in [7, 11) is 3.46. The first-order valence-electron chi connectivity index (χ1n) is 13.5. The number of anilines is 3. The highest BCUT2D eigenvalue weighted by molar-refractivity contribution is 6.00. The van der Waals surface area contributed by atoms with Crippen molar-refractivity contribution in [1.29, 1.82) is 0 Å². The van der Waals surface area contributed by atoms with Gasteiger partial charge in [-0.05, 0) is 48.9 Å². The van der Waals surface area contributed by atoms with Gasteiger partial charge in [0.15, 0.2) is 0 Å². The Morgan fingerprint density at radius 2 is 1.61 bits per heavy atom. The Morgan fingerprint density at radius 3 is 2.27 bits per heavy atom. The number of carbonyl (C=O) groups is 1. The summed E-state index contributed by atoms with van der Waals surface area (Å²) < 4.78 is 63.4. The molecule has 0 fully saturated rings. The number of amides is 2. The van der Waals surface area contributed by atoms with E-state index in [0.717, 1.165) is 29.5 Å². The molecule has 12 heteroatoms. The van der Waals surface area contributed by atoms with Gasteiger partial charge in [-0.2, -0.15) is 0 Å². The lowest BCUT2D eigenvalue weighted by Gasteiger charge is -2.20. The van der Waals surface area contributed by atoms with E-state index in [1.165, 1.54) is 10.6 Å². The van der Waals surface area contributed by atoms with Crippen LogP contribution in [0.4, 0.5) is 39.5 Å². The zero-order chi connectivity index (χ0) is 31.5. The number of aryl methyl sites for hydroxylation is 1. The van der Waals surface area contributed by atoms with Gasteiger partial charge < -0.3 is 24.8 Å². The summed E-state index contributed by atoms with van der Waals surface area (Å²) in [6, 6.07) is 13.7. The van der Waals surface area contributed by atoms with Crippen molar-refractivity contribution >= 4 is 34.1 Å². The van der Waals surface area contributed by atoms with E-state index in [4.69, 9.17) is 4.74 Å². The molecule has 0 aliphatic carbocycles. The van der Waals surface area contributed by atoms with Gasteiger partial charge in [-0.1, -0.05) is 12.1 Å². The minimum atomic E-state index is -1.12. The Hall–Kier alpha value is -5.39. The summed E-state index contributed by atoms with van der Waals surface area (Å²) in [4.78, 5) is 32.5. The van der Waals surface area contributed by atoms with E-state index in [0.29, 0.717) is 35.4 Å². The fourth-order valence-electron chi connectivity index (χ4n) is 4.83. The lowest BCUT2D eigenvalue weighted by molar-refractivity contribution is 0.262. The molecule has 0 unspecified atom stereocenters. The average molecular weight is 606 g/mol. The van der Waals surface area contributed by atoms with Crippen LogP contribution in [0.5, 0.6) is 5.75 Å². The van der Waals surface area contributed by atoms with Crippen LogP contribution in [-0.2, 0) is 13.1 Å². The van der Waals surface area contributed by atoms with Gasteiger partial charge in [-0.25, -0.2) is 27.3 Å². The van der Waals surface area contributed by atoms with Crippen LogP contribution in [-0.4, -0.2) is 29.7 Å². The summed E-state index contributed by atoms with van der Waals surface area (Å²) >= 11 is 0. The number of benzene rings is 3. The number of rotatable bonds is 8. The van der Waals surface area contributed by atoms with Gasteiger partial charge >= 0.3 is 6.03 Å². The molecular weight excluding hydrogens is 578 g/mol. The molecule has 0 bridgehead atoms. The molecule has 0 aliphatic heterocycles. The minimum absolute atomic E-state index is 0.0753. The fraction of sp³-hybridized carbons (Fsp3) is 0.156. The highest BCUT2D eigenvalue weighted by Crippen LogP contribution is 2.30. The molecule has 0 aliphatic rings. The quantitative estimate of drug-likeness (QED) is 0.187. The molecule has 2 N–H and O–H groups in total. The van der Waals surface area contributed by atoms with Crippen molar-refractivity contribution in [1.82, 2.24) is 9.55 Å². The van der Waals surface area contributed by atoms with Crippen LogP contribution in [0.3, 0.4) is 0 Å². The topological polar surface area (TPSA) is 88.5 Å². The van der Waals surface area contributed by atoms with Crippen LogP contribution in [0.2, 0.25) is 0 Å². The van der Waals surface area contributed by atoms with Crippen molar-refractivity contribution in [3.05, 3.63) is 112 Å². The zero-order valence-corrected chi connectivity index (χ0v) is 23.9. The van der Waals surface area contributed by atoms with Gasteiger partial charge in [-0.15, -0.1) is 0 Å². The number of aromatic nitrogens is 2. The number of ether oxygens (including phenoxy) is 1. The molecule has 5 aromatic rings. The highest BCUT2D eigenvalue weighted by Gasteiger charge is 2.19. The number of urea groups is 1. The first kappa shape index (κ1) is 30.1. The maximum Gasteiger partial charge on any atom is 0.323 e. The highest BCUT2D eigenvalue weighted by atomic mass is 19.1. The summed E-state index contributed by atoms with van der Waals surface area (Å²) in [6.07, 6.45) is 1.57. The second-order valence-electron chi connectivity index (χ2n) is 9.96. The standard InChI is InChI=1S/C32H27F4N5O3/c1-4-41-29-15-30(40(2)17-18-5-7-23(44-3)8-6-18)37-16-19(29)9-25(31(41)42)24-13-28(27(36)14-26(24)35)39-32(43)38-22-11-20(33)10-21(34)12-22/h5-16H,4,17H2,1-3H3,(H2,38,39,43). The SMILES string of the molecule is CCn1c(=O)c(-c2cc(NC(=O)Nc3cc(F)cc(F)c3)c(F)cc2F)cc2cnc(N(C)Cc3ccc(OC)cc3)cc21. The lowest BCUT2D eigenvalue weighted by Crippen LogP contribution is -2.23. The number of pyridine rings is 2. The Kier molecular flexibility index (Phi) is 8.52. The van der Waals surface area contributed by atoms with Gasteiger partial charge in [0.25, 0.3) is 5.56 Å². The lowest BCUT2D eigenvalue weighted by atomic mass is 10.0. The van der Waals surface area contributed by atoms with Crippen LogP contribution in [0, 0.1) is 23.3 Å². The molecule has 2 aromatic heterocycles. The number of nitrogens with zero attached hydrogens (tertiary/aromatic N) is 3. The van der Waals surface area contributed by atoms with Gasteiger partial charge in [-0.3, -0.25) is 4.79 Å². The van der Waals surface area contributed by atoms with Gasteiger partial charge in [0.05, 0.1) is 23.9 Å². The van der Waals surface area contributed by atoms with Gasteiger partial charge in [0, 0.05) is 61.2 Å². The zero-order valence-electron chi connectivity index (χ0n) is 23.9. The molecule has 0 atom stereocenters. The first-order chi connectivity index (χ1) is 21.1. The molecule has 0 radical (unpaired) electrons. The number of fused-ring (bicyclic) bond motifs is 1. The summed E-state index contributed by atoms with van der Waals surface area (Å²) in [5.74, 6) is -2.65. The molecule has 0 saturated heterocycles. The summed E-state index contributed by atoms with van der Waals surface area (Å²) in [6.45, 7) is 2.55. The Labute approximate surface area is 249 Å². The monoisotopic (exact) mass is 605 g/mol. The Bertz CT molecular complexity index is 1910. The average Bonchev–Trinajstić information content (AvgIpc) is 2.98. The summed E-state index contributed by atoms with van der Waals surface area (Å²) in [5.41, 5.74) is 0.0476. The maximum absolute atomic E-state index is 15.1. The second-order valence-corrected chi connectivity index (χ2v) is 9.96. The van der Waals surface area contributed by atoms with Crippen molar-refractivity contribution in [2.45, 2.75) is 20.0 Å². The normalized spacial score (nSPS) is 11.0. The Balaban J connectivity index is 1.46. The molecule has 8 nitrogen and oxygen atoms in total. The molecule has 2 heterocycles. The van der Waals surface area contributed by atoms with E-state index in [1.54, 1.807) is 26.3 Å². The van der Waals surface area contributed by atoms with Crippen LogP contribution in [0.15, 0.2) is 77.7 Å². The van der Waals surface area contributed by atoms with Crippen LogP contribution >= 0.6 is 0 Å².